The fourth-order valence-electron chi connectivity index (χ4n) is 0.643. The average molecular weight is 126 g/mol. The molecule has 0 aromatic rings. The van der Waals surface area contributed by atoms with E-state index in [4.69, 9.17) is 0 Å². The molecule has 0 aromatic carbocycles. The summed E-state index contributed by atoms with van der Waals surface area (Å²) < 4.78 is 0. The molecule has 0 bridgehead atoms. The van der Waals surface area contributed by atoms with E-state index in [2.05, 4.69) is 5.32 Å². The van der Waals surface area contributed by atoms with Gasteiger partial charge in [-0.25, -0.2) is 0 Å². The third kappa shape index (κ3) is 2.49. The van der Waals surface area contributed by atoms with E-state index in [1.54, 1.807) is 0 Å². The Kier molecular flexibility index (Phi) is 2.09. The number of nitrogens with zero attached hydrogens (tertiary/aromatic N) is 1. The highest BCUT2D eigenvalue weighted by Gasteiger charge is 2.21. The monoisotopic (exact) mass is 126 g/mol. The maximum absolute atomic E-state index is 10.6. The molecule has 0 saturated heterocycles. The van der Waals surface area contributed by atoms with E-state index in [9.17, 15) is 4.79 Å². The van der Waals surface area contributed by atoms with E-state index in [0.717, 1.165) is 12.5 Å². The molecule has 1 aliphatic carbocycles. The van der Waals surface area contributed by atoms with Gasteiger partial charge in [0.25, 0.3) is 0 Å². The molecule has 1 aliphatic rings. The van der Waals surface area contributed by atoms with Gasteiger partial charge in [0.1, 0.15) is 0 Å². The Balaban J connectivity index is 1.96. The molecule has 9 heavy (non-hydrogen) atoms. The van der Waals surface area contributed by atoms with E-state index < -0.39 is 0 Å². The number of carbonyl (C=O) groups excluding carboxylic acids is 1. The summed E-state index contributed by atoms with van der Waals surface area (Å²) in [6.45, 7) is 2.63. The fourth-order valence-corrected chi connectivity index (χ4v) is 0.643. The molecule has 2 heteroatoms. The molecule has 1 rings (SSSR count). The smallest absolute Gasteiger partial charge is 0.240 e. The van der Waals surface area contributed by atoms with Crippen molar-refractivity contribution in [2.24, 2.45) is 5.92 Å². The lowest BCUT2D eigenvalue weighted by Gasteiger charge is -1.94. The van der Waals surface area contributed by atoms with Crippen molar-refractivity contribution < 1.29 is 4.79 Å². The van der Waals surface area contributed by atoms with Crippen LogP contribution in [0.4, 0.5) is 0 Å². The van der Waals surface area contributed by atoms with Crippen LogP contribution in [0.5, 0.6) is 0 Å². The van der Waals surface area contributed by atoms with Crippen LogP contribution in [0.15, 0.2) is 0 Å². The largest absolute Gasteiger partial charge is 0.273 e. The summed E-state index contributed by atoms with van der Waals surface area (Å²) in [5, 5.41) is 3.87. The molecular formula is C7H12NO. The Labute approximate surface area is 55.6 Å². The van der Waals surface area contributed by atoms with Crippen LogP contribution in [0.1, 0.15) is 26.2 Å². The predicted molar refractivity (Wildman–Crippen MR) is 35.0 cm³/mol. The predicted octanol–water partition coefficient (Wildman–Crippen LogP) is 0.937. The number of hydrogen-bond acceptors (Lipinski definition) is 1. The second-order valence-corrected chi connectivity index (χ2v) is 2.53. The first kappa shape index (κ1) is 6.59. The van der Waals surface area contributed by atoms with Crippen molar-refractivity contribution in [1.29, 1.82) is 0 Å². The molecule has 1 fully saturated rings. The zero-order valence-electron chi connectivity index (χ0n) is 5.76. The van der Waals surface area contributed by atoms with E-state index in [1.165, 1.54) is 12.8 Å². The van der Waals surface area contributed by atoms with Gasteiger partial charge in [-0.2, -0.15) is 0 Å². The molecule has 0 spiro atoms. The maximum atomic E-state index is 10.6. The molecule has 1 radical (unpaired) electrons. The minimum absolute atomic E-state index is 0.0573. The van der Waals surface area contributed by atoms with Crippen molar-refractivity contribution >= 4 is 5.91 Å². The third-order valence-corrected chi connectivity index (χ3v) is 1.53. The van der Waals surface area contributed by atoms with Gasteiger partial charge < -0.3 is 0 Å². The molecular weight excluding hydrogens is 114 g/mol. The fraction of sp³-hybridized carbons (Fsp3) is 0.857. The second kappa shape index (κ2) is 2.85. The minimum Gasteiger partial charge on any atom is -0.273 e. The van der Waals surface area contributed by atoms with Gasteiger partial charge in [0.2, 0.25) is 5.91 Å². The van der Waals surface area contributed by atoms with Crippen LogP contribution >= 0.6 is 0 Å². The highest BCUT2D eigenvalue weighted by Crippen LogP contribution is 2.27. The van der Waals surface area contributed by atoms with Crippen LogP contribution < -0.4 is 5.32 Å². The third-order valence-electron chi connectivity index (χ3n) is 1.53. The van der Waals surface area contributed by atoms with Crippen molar-refractivity contribution in [1.82, 2.24) is 5.32 Å². The minimum atomic E-state index is 0.0573. The Bertz CT molecular complexity index is 107. The molecule has 0 atom stereocenters. The summed E-state index contributed by atoms with van der Waals surface area (Å²) >= 11 is 0. The van der Waals surface area contributed by atoms with Crippen LogP contribution in [0.2, 0.25) is 0 Å². The van der Waals surface area contributed by atoms with Gasteiger partial charge >= 0.3 is 0 Å². The van der Waals surface area contributed by atoms with Crippen molar-refractivity contribution in [3.8, 4) is 0 Å². The van der Waals surface area contributed by atoms with Crippen LogP contribution in [-0.4, -0.2) is 12.5 Å². The van der Waals surface area contributed by atoms with E-state index in [0.29, 0.717) is 6.42 Å². The topological polar surface area (TPSA) is 31.2 Å². The molecule has 51 valence electrons. The first-order chi connectivity index (χ1) is 4.33. The van der Waals surface area contributed by atoms with Gasteiger partial charge in [-0.15, -0.1) is 0 Å². The zero-order chi connectivity index (χ0) is 6.69. The van der Waals surface area contributed by atoms with E-state index >= 15 is 0 Å². The summed E-state index contributed by atoms with van der Waals surface area (Å²) in [5.74, 6) is 0.808. The normalized spacial score (nSPS) is 17.4. The molecule has 0 N–H and O–H groups in total. The standard InChI is InChI=1S/C7H12NO/c1-2-7(9)8-5-6-3-4-6/h6H,2-5H2,1H3. The lowest BCUT2D eigenvalue weighted by molar-refractivity contribution is -0.121. The van der Waals surface area contributed by atoms with Gasteiger partial charge in [-0.3, -0.25) is 10.1 Å². The van der Waals surface area contributed by atoms with Crippen molar-refractivity contribution in [3.63, 3.8) is 0 Å². The van der Waals surface area contributed by atoms with Gasteiger partial charge in [-0.1, -0.05) is 6.92 Å². The van der Waals surface area contributed by atoms with Crippen LogP contribution in [-0.2, 0) is 4.79 Å². The van der Waals surface area contributed by atoms with Gasteiger partial charge in [-0.05, 0) is 18.8 Å². The quantitative estimate of drug-likeness (QED) is 0.553. The average Bonchev–Trinajstić information content (AvgIpc) is 2.65. The number of hydrogen-bond donors (Lipinski definition) is 0. The lowest BCUT2D eigenvalue weighted by Crippen LogP contribution is -2.16. The molecule has 0 unspecified atom stereocenters. The van der Waals surface area contributed by atoms with E-state index in [-0.39, 0.29) is 5.91 Å². The van der Waals surface area contributed by atoms with Crippen LogP contribution in [0, 0.1) is 5.92 Å². The molecule has 1 amide bonds. The highest BCUT2D eigenvalue weighted by molar-refractivity contribution is 5.75. The summed E-state index contributed by atoms with van der Waals surface area (Å²) in [7, 11) is 0. The number of rotatable bonds is 3. The molecule has 1 saturated carbocycles. The summed E-state index contributed by atoms with van der Waals surface area (Å²) in [4.78, 5) is 10.6. The molecule has 2 nitrogen and oxygen atoms in total. The van der Waals surface area contributed by atoms with Crippen molar-refractivity contribution in [3.05, 3.63) is 0 Å². The first-order valence-electron chi connectivity index (χ1n) is 3.53. The maximum Gasteiger partial charge on any atom is 0.240 e. The lowest BCUT2D eigenvalue weighted by atomic mass is 10.4. The number of carbonyl (C=O) groups is 1. The molecule has 0 heterocycles. The van der Waals surface area contributed by atoms with Crippen LogP contribution in [0.3, 0.4) is 0 Å². The Morgan fingerprint density at radius 3 is 2.78 bits per heavy atom. The Morgan fingerprint density at radius 1 is 1.67 bits per heavy atom. The van der Waals surface area contributed by atoms with Crippen LogP contribution in [0.25, 0.3) is 0 Å². The van der Waals surface area contributed by atoms with Gasteiger partial charge in [0, 0.05) is 13.0 Å². The van der Waals surface area contributed by atoms with Gasteiger partial charge in [0.05, 0.1) is 0 Å². The SMILES string of the molecule is CCC(=O)[N]CC1CC1. The summed E-state index contributed by atoms with van der Waals surface area (Å²) in [5.41, 5.74) is 0. The Hall–Kier alpha value is -0.530. The Morgan fingerprint density at radius 2 is 2.33 bits per heavy atom. The van der Waals surface area contributed by atoms with Gasteiger partial charge in [0.15, 0.2) is 0 Å². The number of amides is 1. The highest BCUT2D eigenvalue weighted by atomic mass is 16.1. The first-order valence-corrected chi connectivity index (χ1v) is 3.53. The molecule has 0 aromatic heterocycles. The van der Waals surface area contributed by atoms with Crippen molar-refractivity contribution in [2.45, 2.75) is 26.2 Å². The molecule has 0 aliphatic heterocycles. The summed E-state index contributed by atoms with van der Waals surface area (Å²) in [6.07, 6.45) is 3.12. The van der Waals surface area contributed by atoms with E-state index in [1.807, 2.05) is 6.92 Å². The second-order valence-electron chi connectivity index (χ2n) is 2.53. The summed E-state index contributed by atoms with van der Waals surface area (Å²) in [6, 6.07) is 0. The van der Waals surface area contributed by atoms with Crippen molar-refractivity contribution in [2.75, 3.05) is 6.54 Å². The zero-order valence-corrected chi connectivity index (χ0v) is 5.76.